The van der Waals surface area contributed by atoms with Crippen LogP contribution in [0.25, 0.3) is 0 Å². The largest absolute Gasteiger partial charge is 0.490 e. The van der Waals surface area contributed by atoms with Gasteiger partial charge >= 0.3 is 6.03 Å². The van der Waals surface area contributed by atoms with Crippen molar-refractivity contribution in [1.29, 1.82) is 0 Å². The van der Waals surface area contributed by atoms with Crippen molar-refractivity contribution in [2.75, 3.05) is 44.0 Å². The third-order valence-corrected chi connectivity index (χ3v) is 10.7. The molecule has 15 nitrogen and oxygen atoms in total. The highest BCUT2D eigenvalue weighted by molar-refractivity contribution is 7.89. The highest BCUT2D eigenvalue weighted by Crippen LogP contribution is 2.30. The van der Waals surface area contributed by atoms with E-state index in [1.54, 1.807) is 52.8 Å². The number of aryl methyl sites for hydroxylation is 4. The van der Waals surface area contributed by atoms with Crippen molar-refractivity contribution in [3.63, 3.8) is 0 Å². The number of hydrogen-bond donors (Lipinski definition) is 3. The molecule has 4 atom stereocenters. The van der Waals surface area contributed by atoms with Crippen LogP contribution < -0.4 is 15.4 Å². The van der Waals surface area contributed by atoms with Gasteiger partial charge in [0, 0.05) is 38.3 Å². The zero-order chi connectivity index (χ0) is 36.0. The van der Waals surface area contributed by atoms with Crippen LogP contribution in [0.1, 0.15) is 73.3 Å². The molecule has 0 unspecified atom stereocenters. The van der Waals surface area contributed by atoms with Crippen LogP contribution in [0, 0.1) is 33.6 Å². The number of hydrogen-bond acceptors (Lipinski definition) is 11. The van der Waals surface area contributed by atoms with E-state index in [9.17, 15) is 23.1 Å². The fraction of sp³-hybridized carbons (Fsp3) is 0.576. The Hall–Kier alpha value is -3.99. The van der Waals surface area contributed by atoms with Crippen LogP contribution in [0.3, 0.4) is 0 Å². The van der Waals surface area contributed by atoms with Crippen LogP contribution in [-0.4, -0.2) is 96.6 Å². The van der Waals surface area contributed by atoms with Gasteiger partial charge in [-0.2, -0.15) is 4.31 Å². The molecule has 1 aromatic carbocycles. The zero-order valence-corrected chi connectivity index (χ0v) is 30.2. The monoisotopic (exact) mass is 704 g/mol. The Balaban J connectivity index is 1.64. The zero-order valence-electron chi connectivity index (χ0n) is 29.4. The van der Waals surface area contributed by atoms with Crippen molar-refractivity contribution < 1.29 is 41.6 Å². The van der Waals surface area contributed by atoms with Gasteiger partial charge in [0.05, 0.1) is 30.4 Å². The third-order valence-electron chi connectivity index (χ3n) is 8.65. The molecule has 0 aliphatic carbocycles. The first-order chi connectivity index (χ1) is 23.1. The SMILES string of the molecule is Cc1noc(C)c1NC(=O)Nc1ccc2c(c1)C(=O)N([C@@H](C)CO)C[C@@H](C)[C@H](CN(C)S(=O)(=O)c1c(C)noc1C)OCCCC[C@H](C)O2. The summed E-state index contributed by atoms with van der Waals surface area (Å²) in [5.41, 5.74) is 1.77. The summed E-state index contributed by atoms with van der Waals surface area (Å²) < 4.78 is 51.2. The Morgan fingerprint density at radius 2 is 1.78 bits per heavy atom. The molecule has 0 fully saturated rings. The highest BCUT2D eigenvalue weighted by Gasteiger charge is 2.34. The lowest BCUT2D eigenvalue weighted by Gasteiger charge is -2.35. The van der Waals surface area contributed by atoms with Crippen molar-refractivity contribution in [3.8, 4) is 5.75 Å². The van der Waals surface area contributed by atoms with E-state index >= 15 is 0 Å². The Kier molecular flexibility index (Phi) is 12.5. The van der Waals surface area contributed by atoms with Gasteiger partial charge < -0.3 is 39.2 Å². The van der Waals surface area contributed by atoms with Gasteiger partial charge in [0.15, 0.2) is 11.5 Å². The van der Waals surface area contributed by atoms with Crippen LogP contribution in [-0.2, 0) is 14.8 Å². The third kappa shape index (κ3) is 8.98. The summed E-state index contributed by atoms with van der Waals surface area (Å²) in [6.45, 7) is 12.2. The quantitative estimate of drug-likeness (QED) is 0.296. The van der Waals surface area contributed by atoms with Gasteiger partial charge in [-0.15, -0.1) is 0 Å². The summed E-state index contributed by atoms with van der Waals surface area (Å²) in [4.78, 5) is 28.8. The molecule has 3 N–H and O–H groups in total. The summed E-state index contributed by atoms with van der Waals surface area (Å²) in [6, 6.07) is 3.67. The van der Waals surface area contributed by atoms with Crippen LogP contribution >= 0.6 is 0 Å². The van der Waals surface area contributed by atoms with Crippen molar-refractivity contribution in [3.05, 3.63) is 46.7 Å². The van der Waals surface area contributed by atoms with Crippen LogP contribution in [0.2, 0.25) is 0 Å². The number of aliphatic hydroxyl groups is 1. The van der Waals surface area contributed by atoms with Crippen LogP contribution in [0.15, 0.2) is 32.1 Å². The molecule has 3 aromatic rings. The average molecular weight is 705 g/mol. The minimum absolute atomic E-state index is 0.00745. The molecule has 270 valence electrons. The fourth-order valence-corrected chi connectivity index (χ4v) is 7.22. The molecule has 0 spiro atoms. The van der Waals surface area contributed by atoms with Gasteiger partial charge in [0.2, 0.25) is 10.0 Å². The Morgan fingerprint density at radius 1 is 1.08 bits per heavy atom. The molecule has 3 amide bonds. The van der Waals surface area contributed by atoms with Crippen molar-refractivity contribution in [2.45, 2.75) is 90.9 Å². The normalized spacial score (nSPS) is 20.3. The second kappa shape index (κ2) is 16.1. The smallest absolute Gasteiger partial charge is 0.323 e. The highest BCUT2D eigenvalue weighted by atomic mass is 32.2. The van der Waals surface area contributed by atoms with E-state index in [1.165, 1.54) is 16.3 Å². The first kappa shape index (κ1) is 37.8. The second-order valence-electron chi connectivity index (χ2n) is 12.7. The molecule has 0 radical (unpaired) electrons. The van der Waals surface area contributed by atoms with Gasteiger partial charge in [-0.25, -0.2) is 13.2 Å². The molecular formula is C33H48N6O9S. The molecule has 1 aliphatic heterocycles. The van der Waals surface area contributed by atoms with Crippen molar-refractivity contribution in [1.82, 2.24) is 19.5 Å². The number of aromatic nitrogens is 2. The Morgan fingerprint density at radius 3 is 2.41 bits per heavy atom. The first-order valence-electron chi connectivity index (χ1n) is 16.4. The summed E-state index contributed by atoms with van der Waals surface area (Å²) in [5.74, 6) is 0.188. The molecule has 1 aliphatic rings. The van der Waals surface area contributed by atoms with Gasteiger partial charge in [-0.05, 0) is 79.0 Å². The Labute approximate surface area is 287 Å². The number of anilines is 2. The summed E-state index contributed by atoms with van der Waals surface area (Å²) in [7, 11) is -2.48. The summed E-state index contributed by atoms with van der Waals surface area (Å²) in [6.07, 6.45) is 1.31. The fourth-order valence-electron chi connectivity index (χ4n) is 5.75. The van der Waals surface area contributed by atoms with Gasteiger partial charge in [-0.1, -0.05) is 17.2 Å². The number of likely N-dealkylation sites (N-methyl/N-ethyl adjacent to an activating group) is 1. The molecule has 0 bridgehead atoms. The molecule has 4 rings (SSSR count). The molecular weight excluding hydrogens is 656 g/mol. The van der Waals surface area contributed by atoms with Crippen molar-refractivity contribution in [2.24, 2.45) is 5.92 Å². The van der Waals surface area contributed by atoms with E-state index in [2.05, 4.69) is 20.9 Å². The van der Waals surface area contributed by atoms with Gasteiger partial charge in [-0.3, -0.25) is 4.79 Å². The van der Waals surface area contributed by atoms with E-state index in [1.807, 2.05) is 13.8 Å². The number of urea groups is 1. The predicted molar refractivity (Wildman–Crippen MR) is 181 cm³/mol. The van der Waals surface area contributed by atoms with Gasteiger partial charge in [0.1, 0.15) is 27.7 Å². The number of sulfonamides is 1. The standard InChI is InChI=1S/C33H48N6O9S/c1-19-16-39(20(2)18-40)32(41)27-15-26(34-33(42)35-30-22(4)36-47-24(30)6)12-13-28(27)46-21(3)11-9-10-14-45-29(19)17-38(8)49(43,44)31-23(5)37-48-25(31)7/h12-13,15,19-21,29,40H,9-11,14,16-18H2,1-8H3,(H2,34,35,42)/t19-,20+,21+,29+/m1/s1. The maximum Gasteiger partial charge on any atom is 0.323 e. The van der Waals surface area contributed by atoms with E-state index in [4.69, 9.17) is 18.5 Å². The molecule has 16 heteroatoms. The number of aliphatic hydroxyl groups excluding tert-OH is 1. The summed E-state index contributed by atoms with van der Waals surface area (Å²) >= 11 is 0. The molecule has 0 saturated carbocycles. The minimum Gasteiger partial charge on any atom is -0.490 e. The van der Waals surface area contributed by atoms with E-state index in [0.29, 0.717) is 48.0 Å². The summed E-state index contributed by atoms with van der Waals surface area (Å²) in [5, 5.41) is 23.4. The maximum atomic E-state index is 14.4. The van der Waals surface area contributed by atoms with Crippen LogP contribution in [0.4, 0.5) is 16.2 Å². The minimum atomic E-state index is -3.96. The topological polar surface area (TPSA) is 190 Å². The number of carbonyl (C=O) groups is 2. The molecule has 2 aromatic heterocycles. The van der Waals surface area contributed by atoms with E-state index < -0.39 is 34.1 Å². The van der Waals surface area contributed by atoms with Gasteiger partial charge in [0.25, 0.3) is 5.91 Å². The lowest BCUT2D eigenvalue weighted by atomic mass is 10.0. The number of rotatable bonds is 8. The van der Waals surface area contributed by atoms with E-state index in [-0.39, 0.29) is 53.6 Å². The van der Waals surface area contributed by atoms with E-state index in [0.717, 1.165) is 6.42 Å². The maximum absolute atomic E-state index is 14.4. The molecule has 0 saturated heterocycles. The second-order valence-corrected chi connectivity index (χ2v) is 14.7. The average Bonchev–Trinajstić information content (AvgIpc) is 3.56. The first-order valence-corrected chi connectivity index (χ1v) is 17.8. The number of fused-ring (bicyclic) bond motifs is 1. The number of ether oxygens (including phenoxy) is 2. The number of carbonyl (C=O) groups excluding carboxylic acids is 2. The molecule has 3 heterocycles. The van der Waals surface area contributed by atoms with Crippen LogP contribution in [0.5, 0.6) is 5.75 Å². The molecule has 49 heavy (non-hydrogen) atoms. The van der Waals surface area contributed by atoms with Crippen molar-refractivity contribution >= 4 is 33.3 Å². The number of amides is 3. The number of benzene rings is 1. The number of nitrogens with zero attached hydrogens (tertiary/aromatic N) is 4. The number of nitrogens with one attached hydrogen (secondary N) is 2. The lowest BCUT2D eigenvalue weighted by Crippen LogP contribution is -2.48. The Bertz CT molecular complexity index is 1680. The lowest BCUT2D eigenvalue weighted by molar-refractivity contribution is -0.00835. The predicted octanol–water partition coefficient (Wildman–Crippen LogP) is 4.66.